The summed E-state index contributed by atoms with van der Waals surface area (Å²) in [5, 5.41) is 87.8. The number of Topliss-reactive ketones (excluding diaryl/α,β-unsaturated/α-hetero) is 2. The Hall–Kier alpha value is -6.36. The molecule has 1 aliphatic heterocycles. The summed E-state index contributed by atoms with van der Waals surface area (Å²) < 4.78 is 6.06. The topological polar surface area (TPSA) is 205 Å². The number of carbonyl (C=O) groups excluding carboxylic acids is 2. The van der Waals surface area contributed by atoms with Crippen molar-refractivity contribution in [3.05, 3.63) is 123 Å². The summed E-state index contributed by atoms with van der Waals surface area (Å²) in [7, 11) is 0. The molecule has 4 aromatic carbocycles. The molecule has 4 aromatic rings. The fourth-order valence-electron chi connectivity index (χ4n) is 7.87. The number of carbonyl (C=O) groups is 2. The van der Waals surface area contributed by atoms with Crippen LogP contribution >= 0.6 is 0 Å². The van der Waals surface area contributed by atoms with Gasteiger partial charge in [-0.05, 0) is 89.3 Å². The third kappa shape index (κ3) is 7.75. The van der Waals surface area contributed by atoms with E-state index in [1.165, 1.54) is 42.5 Å². The van der Waals surface area contributed by atoms with Crippen LogP contribution in [0.15, 0.2) is 89.5 Å². The SMILES string of the molecule is CC(C)=CCCC1=C[C@@H](c2c(O)cc3c(c2O)C(=O)C[C@H](c2ccc(O)cc2O)O3)[C@H](C(=O)c2ccc(O)c(CC=C(C)C)c2O)[C@@H](c2ccc(O)cc2O)C1. The highest BCUT2D eigenvalue weighted by Gasteiger charge is 2.45. The fraction of sp³-hybridized carbons (Fsp3) is 0.289. The summed E-state index contributed by atoms with van der Waals surface area (Å²) in [6, 6.07) is 11.7. The van der Waals surface area contributed by atoms with Gasteiger partial charge in [0.25, 0.3) is 0 Å². The Kier molecular flexibility index (Phi) is 11.1. The second kappa shape index (κ2) is 15.8. The van der Waals surface area contributed by atoms with Crippen molar-refractivity contribution < 1.29 is 55.2 Å². The number of allylic oxidation sites excluding steroid dienone is 6. The maximum Gasteiger partial charge on any atom is 0.174 e. The van der Waals surface area contributed by atoms with Crippen molar-refractivity contribution in [2.75, 3.05) is 0 Å². The van der Waals surface area contributed by atoms with Gasteiger partial charge >= 0.3 is 0 Å². The highest BCUT2D eigenvalue weighted by atomic mass is 16.5. The molecule has 1 heterocycles. The standard InChI is InChI=1S/C45H46O11/c1-22(2)6-5-7-24-16-31(27-12-9-25(46)18-34(27)49)40(44(54)30-14-15-33(48)29(43(30)53)11-8-23(3)4)32(17-24)41-36(51)21-39-42(45(41)55)37(52)20-38(56-39)28-13-10-26(47)19-35(28)50/h6,8-10,12-15,17-19,21,31-32,38,40,46-51,53,55H,5,7,11,16,20H2,1-4H3/t31-,32-,38-,40-/m1/s1. The molecular weight excluding hydrogens is 716 g/mol. The van der Waals surface area contributed by atoms with E-state index >= 15 is 4.79 Å². The van der Waals surface area contributed by atoms with E-state index in [-0.39, 0.29) is 81.6 Å². The molecule has 4 atom stereocenters. The number of rotatable bonds is 10. The third-order valence-corrected chi connectivity index (χ3v) is 10.6. The first kappa shape index (κ1) is 39.3. The largest absolute Gasteiger partial charge is 0.508 e. The Morgan fingerprint density at radius 2 is 1.38 bits per heavy atom. The van der Waals surface area contributed by atoms with E-state index in [4.69, 9.17) is 4.74 Å². The molecule has 0 unspecified atom stereocenters. The minimum atomic E-state index is -1.22. The lowest BCUT2D eigenvalue weighted by Crippen LogP contribution is -2.32. The first-order chi connectivity index (χ1) is 26.5. The van der Waals surface area contributed by atoms with Gasteiger partial charge in [0.05, 0.1) is 12.0 Å². The van der Waals surface area contributed by atoms with Crippen molar-refractivity contribution in [2.24, 2.45) is 5.92 Å². The molecule has 6 rings (SSSR count). The quantitative estimate of drug-likeness (QED) is 0.0565. The predicted molar refractivity (Wildman–Crippen MR) is 209 cm³/mol. The molecule has 2 aliphatic rings. The van der Waals surface area contributed by atoms with E-state index in [0.29, 0.717) is 18.4 Å². The van der Waals surface area contributed by atoms with E-state index in [1.54, 1.807) is 12.2 Å². The zero-order chi connectivity index (χ0) is 40.6. The zero-order valence-corrected chi connectivity index (χ0v) is 31.6. The number of ether oxygens (including phenoxy) is 1. The molecule has 0 fully saturated rings. The molecule has 0 aromatic heterocycles. The minimum absolute atomic E-state index is 0.128. The number of ketones is 2. The average molecular weight is 763 g/mol. The first-order valence-corrected chi connectivity index (χ1v) is 18.4. The van der Waals surface area contributed by atoms with Gasteiger partial charge < -0.3 is 45.6 Å². The molecule has 0 saturated carbocycles. The Bertz CT molecular complexity index is 2310. The van der Waals surface area contributed by atoms with Gasteiger partial charge in [-0.2, -0.15) is 0 Å². The lowest BCUT2D eigenvalue weighted by molar-refractivity contribution is 0.0841. The van der Waals surface area contributed by atoms with E-state index in [1.807, 2.05) is 27.7 Å². The number of phenols is 8. The number of aromatic hydroxyl groups is 8. The number of hydrogen-bond acceptors (Lipinski definition) is 11. The molecule has 0 saturated heterocycles. The van der Waals surface area contributed by atoms with Crippen molar-refractivity contribution in [2.45, 2.75) is 77.7 Å². The lowest BCUT2D eigenvalue weighted by Gasteiger charge is -2.38. The van der Waals surface area contributed by atoms with E-state index in [2.05, 4.69) is 6.08 Å². The van der Waals surface area contributed by atoms with Crippen molar-refractivity contribution in [3.63, 3.8) is 0 Å². The van der Waals surface area contributed by atoms with E-state index < -0.39 is 52.7 Å². The van der Waals surface area contributed by atoms with E-state index in [9.17, 15) is 45.6 Å². The average Bonchev–Trinajstić information content (AvgIpc) is 3.10. The predicted octanol–water partition coefficient (Wildman–Crippen LogP) is 8.99. The van der Waals surface area contributed by atoms with Crippen LogP contribution in [0, 0.1) is 5.92 Å². The number of hydrogen-bond donors (Lipinski definition) is 8. The maximum atomic E-state index is 15.1. The normalized spacial score (nSPS) is 19.0. The molecule has 0 bridgehead atoms. The summed E-state index contributed by atoms with van der Waals surface area (Å²) in [6.45, 7) is 7.65. The Morgan fingerprint density at radius 1 is 0.732 bits per heavy atom. The van der Waals surface area contributed by atoms with Gasteiger partial charge in [-0.15, -0.1) is 0 Å². The second-order valence-corrected chi connectivity index (χ2v) is 15.1. The van der Waals surface area contributed by atoms with Crippen molar-refractivity contribution >= 4 is 11.6 Å². The second-order valence-electron chi connectivity index (χ2n) is 15.1. The summed E-state index contributed by atoms with van der Waals surface area (Å²) in [5.41, 5.74) is 2.97. The van der Waals surface area contributed by atoms with Crippen molar-refractivity contribution in [3.8, 4) is 51.7 Å². The molecule has 292 valence electrons. The molecular formula is C45H46O11. The van der Waals surface area contributed by atoms with Crippen LogP contribution in [0.3, 0.4) is 0 Å². The Morgan fingerprint density at radius 3 is 2.00 bits per heavy atom. The maximum absolute atomic E-state index is 15.1. The van der Waals surface area contributed by atoms with Gasteiger partial charge in [-0.1, -0.05) is 41.0 Å². The molecule has 11 nitrogen and oxygen atoms in total. The van der Waals surface area contributed by atoms with Crippen LogP contribution in [-0.4, -0.2) is 52.4 Å². The van der Waals surface area contributed by atoms with Gasteiger partial charge in [0.15, 0.2) is 11.6 Å². The Balaban J connectivity index is 1.55. The van der Waals surface area contributed by atoms with Gasteiger partial charge in [0.2, 0.25) is 0 Å². The fourth-order valence-corrected chi connectivity index (χ4v) is 7.87. The van der Waals surface area contributed by atoms with Crippen LogP contribution in [0.4, 0.5) is 0 Å². The van der Waals surface area contributed by atoms with Crippen LogP contribution in [0.2, 0.25) is 0 Å². The molecule has 0 spiro atoms. The number of benzene rings is 4. The highest BCUT2D eigenvalue weighted by Crippen LogP contribution is 2.56. The van der Waals surface area contributed by atoms with Gasteiger partial charge in [-0.25, -0.2) is 0 Å². The zero-order valence-electron chi connectivity index (χ0n) is 31.6. The number of phenolic OH excluding ortho intramolecular Hbond substituents is 8. The van der Waals surface area contributed by atoms with Crippen LogP contribution in [0.5, 0.6) is 51.7 Å². The lowest BCUT2D eigenvalue weighted by atomic mass is 9.64. The van der Waals surface area contributed by atoms with Crippen LogP contribution < -0.4 is 4.74 Å². The first-order valence-electron chi connectivity index (χ1n) is 18.4. The van der Waals surface area contributed by atoms with E-state index in [0.717, 1.165) is 28.9 Å². The third-order valence-electron chi connectivity index (χ3n) is 10.6. The number of fused-ring (bicyclic) bond motifs is 1. The van der Waals surface area contributed by atoms with Crippen LogP contribution in [0.25, 0.3) is 0 Å². The Labute approximate surface area is 324 Å². The molecule has 11 heteroatoms. The molecule has 1 aliphatic carbocycles. The minimum Gasteiger partial charge on any atom is -0.508 e. The summed E-state index contributed by atoms with van der Waals surface area (Å²) in [6.07, 6.45) is 5.83. The monoisotopic (exact) mass is 762 g/mol. The smallest absolute Gasteiger partial charge is 0.174 e. The summed E-state index contributed by atoms with van der Waals surface area (Å²) in [5.74, 6) is -7.30. The van der Waals surface area contributed by atoms with Gasteiger partial charge in [-0.3, -0.25) is 9.59 Å². The molecule has 56 heavy (non-hydrogen) atoms. The van der Waals surface area contributed by atoms with Crippen molar-refractivity contribution in [1.29, 1.82) is 0 Å². The highest BCUT2D eigenvalue weighted by molar-refractivity contribution is 6.05. The van der Waals surface area contributed by atoms with Crippen LogP contribution in [-0.2, 0) is 6.42 Å². The molecule has 0 amide bonds. The summed E-state index contributed by atoms with van der Waals surface area (Å²) in [4.78, 5) is 28.9. The van der Waals surface area contributed by atoms with Crippen LogP contribution in [0.1, 0.15) is 114 Å². The van der Waals surface area contributed by atoms with Crippen molar-refractivity contribution in [1.82, 2.24) is 0 Å². The van der Waals surface area contributed by atoms with Gasteiger partial charge in [0.1, 0.15) is 63.4 Å². The summed E-state index contributed by atoms with van der Waals surface area (Å²) >= 11 is 0. The molecule has 0 radical (unpaired) electrons. The molecule has 8 N–H and O–H groups in total. The van der Waals surface area contributed by atoms with Gasteiger partial charge in [0, 0.05) is 52.6 Å².